The van der Waals surface area contributed by atoms with Crippen molar-refractivity contribution in [3.05, 3.63) is 59.7 Å². The van der Waals surface area contributed by atoms with Gasteiger partial charge in [0.2, 0.25) is 0 Å². The summed E-state index contributed by atoms with van der Waals surface area (Å²) in [4.78, 5) is 12.3. The van der Waals surface area contributed by atoms with Crippen LogP contribution >= 0.6 is 0 Å². The molecule has 2 aromatic rings. The minimum absolute atomic E-state index is 0.0620. The summed E-state index contributed by atoms with van der Waals surface area (Å²) < 4.78 is 27.7. The van der Waals surface area contributed by atoms with Gasteiger partial charge in [-0.3, -0.25) is 9.52 Å². The number of aryl methyl sites for hydroxylation is 1. The fraction of sp³-hybridized carbons (Fsp3) is 0.278. The predicted molar refractivity (Wildman–Crippen MR) is 97.1 cm³/mol. The van der Waals surface area contributed by atoms with E-state index in [9.17, 15) is 13.2 Å². The number of hydrogen-bond donors (Lipinski definition) is 3. The molecule has 3 N–H and O–H groups in total. The van der Waals surface area contributed by atoms with Crippen molar-refractivity contribution >= 4 is 21.6 Å². The Labute approximate surface area is 147 Å². The Morgan fingerprint density at radius 2 is 1.92 bits per heavy atom. The lowest BCUT2D eigenvalue weighted by Crippen LogP contribution is -2.48. The van der Waals surface area contributed by atoms with Gasteiger partial charge in [0, 0.05) is 36.8 Å². The van der Waals surface area contributed by atoms with Crippen LogP contribution in [0.1, 0.15) is 15.9 Å². The molecule has 7 heteroatoms. The zero-order valence-electron chi connectivity index (χ0n) is 14.0. The summed E-state index contributed by atoms with van der Waals surface area (Å²) in [5.41, 5.74) is 1.78. The Balaban J connectivity index is 1.73. The van der Waals surface area contributed by atoms with Gasteiger partial charge in [0.15, 0.2) is 0 Å². The van der Waals surface area contributed by atoms with Gasteiger partial charge in [0.1, 0.15) is 0 Å². The van der Waals surface area contributed by atoms with E-state index in [0.717, 1.165) is 18.7 Å². The Kier molecular flexibility index (Phi) is 5.06. The highest BCUT2D eigenvalue weighted by Gasteiger charge is 2.19. The highest BCUT2D eigenvalue weighted by molar-refractivity contribution is 7.92. The van der Waals surface area contributed by atoms with E-state index < -0.39 is 10.0 Å². The number of benzene rings is 2. The zero-order chi connectivity index (χ0) is 17.9. The fourth-order valence-electron chi connectivity index (χ4n) is 2.56. The predicted octanol–water partition coefficient (Wildman–Crippen LogP) is 1.75. The number of nitrogens with one attached hydrogen (secondary N) is 3. The van der Waals surface area contributed by atoms with Crippen LogP contribution in [0, 0.1) is 12.8 Å². The molecule has 1 aliphatic rings. The number of carbonyl (C=O) groups is 1. The van der Waals surface area contributed by atoms with Crippen LogP contribution < -0.4 is 15.4 Å². The van der Waals surface area contributed by atoms with Crippen LogP contribution in [0.4, 0.5) is 5.69 Å². The molecule has 0 unspecified atom stereocenters. The number of hydrogen-bond acceptors (Lipinski definition) is 4. The molecule has 6 nitrogen and oxygen atoms in total. The molecule has 0 spiro atoms. The molecule has 1 fully saturated rings. The Morgan fingerprint density at radius 1 is 1.16 bits per heavy atom. The smallest absolute Gasteiger partial charge is 0.261 e. The van der Waals surface area contributed by atoms with Gasteiger partial charge < -0.3 is 10.6 Å². The molecule has 2 aromatic carbocycles. The zero-order valence-corrected chi connectivity index (χ0v) is 14.8. The Bertz CT molecular complexity index is 877. The first-order valence-corrected chi connectivity index (χ1v) is 9.61. The minimum atomic E-state index is -3.75. The van der Waals surface area contributed by atoms with Crippen molar-refractivity contribution in [2.75, 3.05) is 24.4 Å². The fourth-order valence-corrected chi connectivity index (χ4v) is 3.65. The number of sulfonamides is 1. The molecule has 3 rings (SSSR count). The second-order valence-corrected chi connectivity index (χ2v) is 7.92. The number of anilines is 1. The van der Waals surface area contributed by atoms with Gasteiger partial charge in [-0.1, -0.05) is 18.2 Å². The van der Waals surface area contributed by atoms with Crippen LogP contribution in [-0.4, -0.2) is 34.0 Å². The summed E-state index contributed by atoms with van der Waals surface area (Å²) in [6.07, 6.45) is 0. The van der Waals surface area contributed by atoms with Crippen LogP contribution in [-0.2, 0) is 10.0 Å². The maximum Gasteiger partial charge on any atom is 0.261 e. The molecule has 0 saturated carbocycles. The van der Waals surface area contributed by atoms with Gasteiger partial charge in [-0.2, -0.15) is 0 Å². The van der Waals surface area contributed by atoms with Crippen molar-refractivity contribution in [2.45, 2.75) is 11.8 Å². The first kappa shape index (κ1) is 17.4. The number of rotatable bonds is 6. The second-order valence-electron chi connectivity index (χ2n) is 6.24. The van der Waals surface area contributed by atoms with E-state index in [1.165, 1.54) is 12.1 Å². The topological polar surface area (TPSA) is 87.3 Å². The van der Waals surface area contributed by atoms with E-state index in [1.54, 1.807) is 30.3 Å². The quantitative estimate of drug-likeness (QED) is 0.733. The lowest BCUT2D eigenvalue weighted by atomic mass is 10.0. The second kappa shape index (κ2) is 7.25. The van der Waals surface area contributed by atoms with E-state index in [2.05, 4.69) is 15.4 Å². The lowest BCUT2D eigenvalue weighted by Gasteiger charge is -2.27. The average Bonchev–Trinajstić information content (AvgIpc) is 2.53. The SMILES string of the molecule is Cc1cccc(NS(=O)(=O)c2cccc(C(=O)NCC3CNC3)c2)c1. The summed E-state index contributed by atoms with van der Waals surface area (Å²) in [5.74, 6) is 0.179. The first-order valence-electron chi connectivity index (χ1n) is 8.12. The standard InChI is InChI=1S/C18H21N3O3S/c1-13-4-2-6-16(8-13)21-25(23,24)17-7-3-5-15(9-17)18(22)20-12-14-10-19-11-14/h2-9,14,19,21H,10-12H2,1H3,(H,20,22). The lowest BCUT2D eigenvalue weighted by molar-refractivity contribution is 0.0942. The van der Waals surface area contributed by atoms with E-state index >= 15 is 0 Å². The van der Waals surface area contributed by atoms with Crippen molar-refractivity contribution in [3.8, 4) is 0 Å². The molecule has 132 valence electrons. The summed E-state index contributed by atoms with van der Waals surface area (Å²) in [5, 5.41) is 5.98. The molecule has 1 aliphatic heterocycles. The highest BCUT2D eigenvalue weighted by Crippen LogP contribution is 2.18. The third kappa shape index (κ3) is 4.37. The summed E-state index contributed by atoms with van der Waals surface area (Å²) >= 11 is 0. The van der Waals surface area contributed by atoms with Gasteiger partial charge in [-0.05, 0) is 42.8 Å². The monoisotopic (exact) mass is 359 g/mol. The van der Waals surface area contributed by atoms with Crippen LogP contribution in [0.15, 0.2) is 53.4 Å². The molecule has 25 heavy (non-hydrogen) atoms. The van der Waals surface area contributed by atoms with Crippen molar-refractivity contribution in [3.63, 3.8) is 0 Å². The molecule has 1 saturated heterocycles. The molecular formula is C18H21N3O3S. The maximum absolute atomic E-state index is 12.6. The maximum atomic E-state index is 12.6. The van der Waals surface area contributed by atoms with Crippen molar-refractivity contribution in [2.24, 2.45) is 5.92 Å². The van der Waals surface area contributed by atoms with E-state index in [-0.39, 0.29) is 10.8 Å². The number of carbonyl (C=O) groups excluding carboxylic acids is 1. The third-order valence-electron chi connectivity index (χ3n) is 4.09. The molecule has 1 amide bonds. The van der Waals surface area contributed by atoms with Gasteiger partial charge in [0.05, 0.1) is 4.90 Å². The van der Waals surface area contributed by atoms with Crippen LogP contribution in [0.5, 0.6) is 0 Å². The van der Waals surface area contributed by atoms with Crippen LogP contribution in [0.3, 0.4) is 0 Å². The third-order valence-corrected chi connectivity index (χ3v) is 5.47. The molecule has 0 aromatic heterocycles. The summed E-state index contributed by atoms with van der Waals surface area (Å²) in [6.45, 7) is 4.27. The molecule has 1 heterocycles. The summed E-state index contributed by atoms with van der Waals surface area (Å²) in [7, 11) is -3.75. The van der Waals surface area contributed by atoms with Crippen molar-refractivity contribution in [1.29, 1.82) is 0 Å². The normalized spacial score (nSPS) is 14.6. The molecule has 0 aliphatic carbocycles. The highest BCUT2D eigenvalue weighted by atomic mass is 32.2. The van der Waals surface area contributed by atoms with Gasteiger partial charge in [-0.15, -0.1) is 0 Å². The van der Waals surface area contributed by atoms with Gasteiger partial charge in [0.25, 0.3) is 15.9 Å². The largest absolute Gasteiger partial charge is 0.352 e. The molecule has 0 atom stereocenters. The first-order chi connectivity index (χ1) is 11.9. The van der Waals surface area contributed by atoms with E-state index in [1.807, 2.05) is 13.0 Å². The van der Waals surface area contributed by atoms with E-state index in [0.29, 0.717) is 23.7 Å². The Hall–Kier alpha value is -2.38. The molecule has 0 radical (unpaired) electrons. The minimum Gasteiger partial charge on any atom is -0.352 e. The number of amides is 1. The van der Waals surface area contributed by atoms with Crippen molar-refractivity contribution < 1.29 is 13.2 Å². The van der Waals surface area contributed by atoms with E-state index in [4.69, 9.17) is 0 Å². The molecular weight excluding hydrogens is 338 g/mol. The van der Waals surface area contributed by atoms with Gasteiger partial charge >= 0.3 is 0 Å². The average molecular weight is 359 g/mol. The van der Waals surface area contributed by atoms with Crippen LogP contribution in [0.2, 0.25) is 0 Å². The van der Waals surface area contributed by atoms with Gasteiger partial charge in [-0.25, -0.2) is 8.42 Å². The van der Waals surface area contributed by atoms with Crippen molar-refractivity contribution in [1.82, 2.24) is 10.6 Å². The van der Waals surface area contributed by atoms with Crippen LogP contribution in [0.25, 0.3) is 0 Å². The Morgan fingerprint density at radius 3 is 2.60 bits per heavy atom. The summed E-state index contributed by atoms with van der Waals surface area (Å²) in [6, 6.07) is 13.2. The molecule has 0 bridgehead atoms.